The van der Waals surface area contributed by atoms with Crippen LogP contribution in [0, 0.1) is 5.82 Å². The van der Waals surface area contributed by atoms with Crippen molar-refractivity contribution in [3.05, 3.63) is 96.9 Å². The van der Waals surface area contributed by atoms with Crippen LogP contribution in [0.3, 0.4) is 0 Å². The van der Waals surface area contributed by atoms with Gasteiger partial charge in [-0.15, -0.1) is 0 Å². The van der Waals surface area contributed by atoms with Gasteiger partial charge < -0.3 is 10.2 Å². The quantitative estimate of drug-likeness (QED) is 0.583. The monoisotopic (exact) mass is 496 g/mol. The molecule has 1 N–H and O–H groups in total. The van der Waals surface area contributed by atoms with E-state index < -0.39 is 0 Å². The lowest BCUT2D eigenvalue weighted by atomic mass is 10.1. The zero-order valence-electron chi connectivity index (χ0n) is 17.5. The molecule has 1 aliphatic carbocycles. The number of anilines is 1. The van der Waals surface area contributed by atoms with E-state index >= 15 is 0 Å². The lowest BCUT2D eigenvalue weighted by Gasteiger charge is -2.31. The van der Waals surface area contributed by atoms with Crippen LogP contribution in [-0.4, -0.2) is 22.7 Å². The molecule has 1 saturated carbocycles. The first-order valence-electron chi connectivity index (χ1n) is 10.5. The van der Waals surface area contributed by atoms with E-state index in [0.717, 1.165) is 17.3 Å². The number of para-hydroxylation sites is 1. The van der Waals surface area contributed by atoms with Gasteiger partial charge in [-0.3, -0.25) is 9.36 Å². The Morgan fingerprint density at radius 1 is 1.12 bits per heavy atom. The minimum absolute atomic E-state index is 0.0775. The molecule has 164 valence electrons. The fourth-order valence-electron chi connectivity index (χ4n) is 4.12. The fraction of sp³-hybridized carbons (Fsp3) is 0.250. The molecule has 0 atom stereocenters. The van der Waals surface area contributed by atoms with Gasteiger partial charge in [0.1, 0.15) is 17.2 Å². The van der Waals surface area contributed by atoms with Crippen molar-refractivity contribution < 1.29 is 4.39 Å². The molecule has 32 heavy (non-hydrogen) atoms. The average molecular weight is 497 g/mol. The van der Waals surface area contributed by atoms with Gasteiger partial charge in [0.25, 0.3) is 5.56 Å². The van der Waals surface area contributed by atoms with Crippen LogP contribution in [0.5, 0.6) is 0 Å². The van der Waals surface area contributed by atoms with Crippen molar-refractivity contribution in [1.29, 1.82) is 0 Å². The van der Waals surface area contributed by atoms with Crippen molar-refractivity contribution in [3.8, 4) is 5.69 Å². The maximum atomic E-state index is 14.3. The molecule has 0 radical (unpaired) electrons. The molecule has 2 heterocycles. The second-order valence-corrected chi connectivity index (χ2v) is 9.06. The first kappa shape index (κ1) is 20.8. The molecule has 0 saturated heterocycles. The molecule has 1 fully saturated rings. The number of benzene rings is 2. The summed E-state index contributed by atoms with van der Waals surface area (Å²) in [4.78, 5) is 28.9. The summed E-state index contributed by atoms with van der Waals surface area (Å²) < 4.78 is 18.0. The van der Waals surface area contributed by atoms with E-state index in [-0.39, 0.29) is 29.7 Å². The van der Waals surface area contributed by atoms with E-state index in [0.29, 0.717) is 34.9 Å². The Hall–Kier alpha value is -3.13. The topological polar surface area (TPSA) is 59.3 Å². The van der Waals surface area contributed by atoms with Gasteiger partial charge in [0.05, 0.1) is 5.69 Å². The predicted octanol–water partition coefficient (Wildman–Crippen LogP) is 3.82. The van der Waals surface area contributed by atoms with Crippen LogP contribution in [0.4, 0.5) is 10.2 Å². The summed E-state index contributed by atoms with van der Waals surface area (Å²) in [6.45, 7) is 0.725. The molecule has 5 rings (SSSR count). The second kappa shape index (κ2) is 8.09. The summed E-state index contributed by atoms with van der Waals surface area (Å²) >= 11 is 3.38. The number of rotatable bonds is 5. The van der Waals surface area contributed by atoms with Gasteiger partial charge in [-0.05, 0) is 49.2 Å². The van der Waals surface area contributed by atoms with Crippen molar-refractivity contribution in [2.24, 2.45) is 0 Å². The van der Waals surface area contributed by atoms with Gasteiger partial charge in [-0.25, -0.2) is 13.8 Å². The van der Waals surface area contributed by atoms with Crippen LogP contribution >= 0.6 is 15.9 Å². The number of hydrogen-bond acceptors (Lipinski definition) is 4. The van der Waals surface area contributed by atoms with Crippen LogP contribution < -0.4 is 21.5 Å². The largest absolute Gasteiger partial charge is 0.380 e. The minimum Gasteiger partial charge on any atom is -0.380 e. The molecule has 3 aromatic rings. The molecule has 2 aliphatic rings. The molecule has 0 bridgehead atoms. The highest BCUT2D eigenvalue weighted by Gasteiger charge is 2.34. The van der Waals surface area contributed by atoms with Crippen LogP contribution in [0.1, 0.15) is 30.0 Å². The van der Waals surface area contributed by atoms with Crippen molar-refractivity contribution in [1.82, 2.24) is 14.5 Å². The highest BCUT2D eigenvalue weighted by molar-refractivity contribution is 9.10. The summed E-state index contributed by atoms with van der Waals surface area (Å²) in [7, 11) is 1.86. The summed E-state index contributed by atoms with van der Waals surface area (Å²) in [6.07, 6.45) is 3.54. The molecular formula is C24H22BrFN4O2. The number of nitrogens with one attached hydrogen (secondary N) is 1. The molecule has 2 aromatic carbocycles. The van der Waals surface area contributed by atoms with Gasteiger partial charge >= 0.3 is 5.69 Å². The SMILES string of the molecule is CN1CC=C(NCc2cc(Br)ccc2F)c2c1n(-c1ccccc1)c(=O)n(C1CC1)c2=O. The normalized spacial score (nSPS) is 15.3. The van der Waals surface area contributed by atoms with E-state index in [9.17, 15) is 14.0 Å². The first-order valence-corrected chi connectivity index (χ1v) is 11.3. The smallest absolute Gasteiger partial charge is 0.337 e. The van der Waals surface area contributed by atoms with Crippen molar-refractivity contribution in [3.63, 3.8) is 0 Å². The molecule has 8 heteroatoms. The minimum atomic E-state index is -0.325. The molecule has 6 nitrogen and oxygen atoms in total. The van der Waals surface area contributed by atoms with Gasteiger partial charge in [0, 0.05) is 41.9 Å². The predicted molar refractivity (Wildman–Crippen MR) is 127 cm³/mol. The number of halogens is 2. The summed E-state index contributed by atoms with van der Waals surface area (Å²) in [5.74, 6) is 0.224. The van der Waals surface area contributed by atoms with Gasteiger partial charge in [0.15, 0.2) is 0 Å². The third kappa shape index (κ3) is 3.58. The summed E-state index contributed by atoms with van der Waals surface area (Å²) in [5, 5.41) is 3.25. The number of aromatic nitrogens is 2. The third-order valence-electron chi connectivity index (χ3n) is 5.87. The second-order valence-electron chi connectivity index (χ2n) is 8.15. The zero-order chi connectivity index (χ0) is 22.4. The first-order chi connectivity index (χ1) is 15.5. The van der Waals surface area contributed by atoms with Crippen LogP contribution in [-0.2, 0) is 6.54 Å². The van der Waals surface area contributed by atoms with Crippen LogP contribution in [0.15, 0.2) is 68.7 Å². The van der Waals surface area contributed by atoms with Crippen LogP contribution in [0.25, 0.3) is 11.4 Å². The average Bonchev–Trinajstić information content (AvgIpc) is 3.61. The summed E-state index contributed by atoms with van der Waals surface area (Å²) in [6, 6.07) is 14.0. The van der Waals surface area contributed by atoms with E-state index in [1.54, 1.807) is 16.7 Å². The molecule has 1 aromatic heterocycles. The van der Waals surface area contributed by atoms with E-state index in [1.807, 2.05) is 48.4 Å². The van der Waals surface area contributed by atoms with E-state index in [2.05, 4.69) is 21.2 Å². The van der Waals surface area contributed by atoms with Gasteiger partial charge in [-0.1, -0.05) is 34.1 Å². The fourth-order valence-corrected chi connectivity index (χ4v) is 4.53. The van der Waals surface area contributed by atoms with Crippen molar-refractivity contribution in [2.75, 3.05) is 18.5 Å². The van der Waals surface area contributed by atoms with Gasteiger partial charge in [0.2, 0.25) is 0 Å². The molecule has 0 amide bonds. The Balaban J connectivity index is 1.66. The Morgan fingerprint density at radius 2 is 1.88 bits per heavy atom. The third-order valence-corrected chi connectivity index (χ3v) is 6.36. The number of hydrogen-bond donors (Lipinski definition) is 1. The Bertz CT molecular complexity index is 1340. The van der Waals surface area contributed by atoms with Crippen molar-refractivity contribution >= 4 is 27.4 Å². The number of fused-ring (bicyclic) bond motifs is 1. The van der Waals surface area contributed by atoms with E-state index in [1.165, 1.54) is 10.6 Å². The number of nitrogens with zero attached hydrogens (tertiary/aromatic N) is 3. The molecule has 0 spiro atoms. The standard InChI is InChI=1S/C24H22BrFN4O2/c1-28-12-11-20(27-14-15-13-16(25)7-10-19(15)26)21-22(28)29(17-5-3-2-4-6-17)24(32)30(23(21)31)18-8-9-18/h2-7,10-11,13,18,27H,8-9,12,14H2,1H3. The molecule has 1 aliphatic heterocycles. The highest BCUT2D eigenvalue weighted by Crippen LogP contribution is 2.34. The molecular weight excluding hydrogens is 475 g/mol. The van der Waals surface area contributed by atoms with E-state index in [4.69, 9.17) is 0 Å². The highest BCUT2D eigenvalue weighted by atomic mass is 79.9. The Morgan fingerprint density at radius 3 is 2.59 bits per heavy atom. The van der Waals surface area contributed by atoms with Crippen molar-refractivity contribution in [2.45, 2.75) is 25.4 Å². The maximum absolute atomic E-state index is 14.3. The lowest BCUT2D eigenvalue weighted by molar-refractivity contribution is 0.603. The Kier molecular flexibility index (Phi) is 5.25. The maximum Gasteiger partial charge on any atom is 0.337 e. The van der Waals surface area contributed by atoms with Crippen LogP contribution in [0.2, 0.25) is 0 Å². The Labute approximate surface area is 192 Å². The lowest BCUT2D eigenvalue weighted by Crippen LogP contribution is -2.45. The zero-order valence-corrected chi connectivity index (χ0v) is 19.1. The summed E-state index contributed by atoms with van der Waals surface area (Å²) in [5.41, 5.74) is 1.60. The number of likely N-dealkylation sites (N-methyl/N-ethyl adjacent to an activating group) is 1. The molecule has 0 unspecified atom stereocenters. The van der Waals surface area contributed by atoms with Gasteiger partial charge in [-0.2, -0.15) is 0 Å².